The van der Waals surface area contributed by atoms with Crippen LogP contribution in [0.25, 0.3) is 0 Å². The quantitative estimate of drug-likeness (QED) is 0.159. The molecule has 0 aromatic rings. The first-order valence-electron chi connectivity index (χ1n) is 12.0. The number of thioether (sulfide) groups is 1. The van der Waals surface area contributed by atoms with Crippen molar-refractivity contribution in [2.45, 2.75) is 73.3 Å². The minimum Gasteiger partial charge on any atom is -0.480 e. The van der Waals surface area contributed by atoms with Crippen molar-refractivity contribution in [3.8, 4) is 0 Å². The van der Waals surface area contributed by atoms with Crippen molar-refractivity contribution in [3.63, 3.8) is 0 Å². The third kappa shape index (κ3) is 36.9. The summed E-state index contributed by atoms with van der Waals surface area (Å²) in [6.45, 7) is 18.2. The molecule has 0 spiro atoms. The standard InChI is InChI=1S/C11H25N3S.C4H10.C3H5NO3.C3H8S.C2H6/c1-2-10-3-5-14(8-10)6-4-13-7-11(12)9-15;1-3-4-2;5-2-4-1-3(6)7;1-3-4-2;1-2/h10-11,13,15H,2-9,12H2,1H3;3-4H2,1-2H3;2H,1H2,(H,4,5)(H,6,7);3H2,1-2H3;1-2H3/t10-,11?;;;;/m0..../s1. The molecule has 1 aliphatic heterocycles. The number of hydrogen-bond donors (Lipinski definition) is 5. The molecular formula is C23H54N4O3S2. The summed E-state index contributed by atoms with van der Waals surface area (Å²) in [5.41, 5.74) is 5.76. The van der Waals surface area contributed by atoms with Crippen LogP contribution in [0.1, 0.15) is 67.2 Å². The van der Waals surface area contributed by atoms with E-state index in [9.17, 15) is 9.59 Å². The first-order chi connectivity index (χ1) is 15.4. The number of hydrogen-bond acceptors (Lipinski definition) is 7. The number of carboxylic acids is 1. The zero-order valence-corrected chi connectivity index (χ0v) is 23.6. The maximum absolute atomic E-state index is 9.54. The van der Waals surface area contributed by atoms with E-state index >= 15 is 0 Å². The Morgan fingerprint density at radius 2 is 1.84 bits per heavy atom. The van der Waals surface area contributed by atoms with Crippen molar-refractivity contribution >= 4 is 36.8 Å². The number of thiol groups is 1. The lowest BCUT2D eigenvalue weighted by Gasteiger charge is -2.17. The summed E-state index contributed by atoms with van der Waals surface area (Å²) < 4.78 is 0. The maximum atomic E-state index is 9.54. The number of likely N-dealkylation sites (tertiary alicyclic amines) is 1. The second-order valence-corrected chi connectivity index (χ2v) is 8.50. The highest BCUT2D eigenvalue weighted by atomic mass is 32.2. The summed E-state index contributed by atoms with van der Waals surface area (Å²) in [6, 6.07) is 0.190. The van der Waals surface area contributed by atoms with Crippen molar-refractivity contribution in [1.29, 1.82) is 0 Å². The van der Waals surface area contributed by atoms with Crippen molar-refractivity contribution in [1.82, 2.24) is 15.5 Å². The van der Waals surface area contributed by atoms with Crippen LogP contribution in [0.15, 0.2) is 0 Å². The molecule has 0 radical (unpaired) electrons. The highest BCUT2D eigenvalue weighted by Crippen LogP contribution is 2.17. The lowest BCUT2D eigenvalue weighted by molar-refractivity contribution is -0.136. The van der Waals surface area contributed by atoms with E-state index in [1.165, 1.54) is 44.5 Å². The Balaban J connectivity index is -0.000000192. The smallest absolute Gasteiger partial charge is 0.322 e. The fourth-order valence-electron chi connectivity index (χ4n) is 2.17. The molecule has 0 aromatic carbocycles. The number of carbonyl (C=O) groups is 2. The van der Waals surface area contributed by atoms with Crippen LogP contribution >= 0.6 is 24.4 Å². The summed E-state index contributed by atoms with van der Waals surface area (Å²) in [5, 5.41) is 13.2. The van der Waals surface area contributed by atoms with Crippen LogP contribution in [0.3, 0.4) is 0 Å². The molecule has 0 aromatic heterocycles. The van der Waals surface area contributed by atoms with Gasteiger partial charge in [-0.25, -0.2) is 0 Å². The summed E-state index contributed by atoms with van der Waals surface area (Å²) in [7, 11) is 0. The number of aliphatic carboxylic acids is 1. The molecule has 1 fully saturated rings. The molecule has 7 nitrogen and oxygen atoms in total. The molecule has 1 aliphatic rings. The highest BCUT2D eigenvalue weighted by molar-refractivity contribution is 7.98. The molecule has 1 heterocycles. The molecule has 1 rings (SSSR count). The van der Waals surface area contributed by atoms with Crippen LogP contribution in [0.4, 0.5) is 0 Å². The monoisotopic (exact) mass is 498 g/mol. The molecule has 0 bridgehead atoms. The molecular weight excluding hydrogens is 444 g/mol. The number of nitrogens with zero attached hydrogens (tertiary/aromatic N) is 1. The lowest BCUT2D eigenvalue weighted by Crippen LogP contribution is -2.38. The number of carbonyl (C=O) groups excluding carboxylic acids is 1. The van der Waals surface area contributed by atoms with Gasteiger partial charge in [-0.1, -0.05) is 60.8 Å². The molecule has 0 aliphatic carbocycles. The van der Waals surface area contributed by atoms with Crippen LogP contribution in [0.5, 0.6) is 0 Å². The second kappa shape index (κ2) is 35.1. The maximum Gasteiger partial charge on any atom is 0.322 e. The second-order valence-electron chi connectivity index (χ2n) is 6.98. The fraction of sp³-hybridized carbons (Fsp3) is 0.913. The molecule has 9 heteroatoms. The van der Waals surface area contributed by atoms with Gasteiger partial charge in [-0.05, 0) is 30.9 Å². The van der Waals surface area contributed by atoms with E-state index in [0.717, 1.165) is 31.3 Å². The summed E-state index contributed by atoms with van der Waals surface area (Å²) in [6.07, 6.45) is 7.79. The number of rotatable bonds is 12. The zero-order valence-electron chi connectivity index (χ0n) is 21.9. The summed E-state index contributed by atoms with van der Waals surface area (Å²) >= 11 is 6.01. The Labute approximate surface area is 208 Å². The molecule has 0 saturated carbocycles. The van der Waals surface area contributed by atoms with Gasteiger partial charge in [0.1, 0.15) is 6.54 Å². The Morgan fingerprint density at radius 3 is 2.16 bits per heavy atom. The highest BCUT2D eigenvalue weighted by Gasteiger charge is 2.19. The summed E-state index contributed by atoms with van der Waals surface area (Å²) in [4.78, 5) is 21.4. The molecule has 1 unspecified atom stereocenters. The van der Waals surface area contributed by atoms with Gasteiger partial charge in [0.25, 0.3) is 0 Å². The van der Waals surface area contributed by atoms with Crippen LogP contribution in [-0.4, -0.2) is 85.5 Å². The van der Waals surface area contributed by atoms with E-state index in [-0.39, 0.29) is 12.6 Å². The van der Waals surface area contributed by atoms with Gasteiger partial charge in [0, 0.05) is 38.0 Å². The normalized spacial score (nSPS) is 15.2. The zero-order chi connectivity index (χ0) is 25.6. The predicted octanol–water partition coefficient (Wildman–Crippen LogP) is 3.58. The number of amides is 1. The molecule has 1 amide bonds. The minimum absolute atomic E-state index is 0.190. The topological polar surface area (TPSA) is 108 Å². The van der Waals surface area contributed by atoms with Gasteiger partial charge in [-0.2, -0.15) is 24.4 Å². The molecule has 32 heavy (non-hydrogen) atoms. The van der Waals surface area contributed by atoms with Gasteiger partial charge in [-0.15, -0.1) is 0 Å². The van der Waals surface area contributed by atoms with Gasteiger partial charge < -0.3 is 26.4 Å². The van der Waals surface area contributed by atoms with E-state index in [2.05, 4.69) is 56.8 Å². The third-order valence-electron chi connectivity index (χ3n) is 4.32. The van der Waals surface area contributed by atoms with Crippen molar-refractivity contribution < 1.29 is 14.7 Å². The van der Waals surface area contributed by atoms with Gasteiger partial charge in [0.05, 0.1) is 0 Å². The van der Waals surface area contributed by atoms with Gasteiger partial charge in [-0.3, -0.25) is 9.59 Å². The molecule has 196 valence electrons. The van der Waals surface area contributed by atoms with Crippen LogP contribution < -0.4 is 16.4 Å². The summed E-state index contributed by atoms with van der Waals surface area (Å²) in [5.74, 6) is 1.89. The Kier molecular flexibility index (Phi) is 42.5. The number of carboxylic acid groups (broad SMARTS) is 1. The van der Waals surface area contributed by atoms with Crippen LogP contribution in [0.2, 0.25) is 0 Å². The lowest BCUT2D eigenvalue weighted by atomic mass is 10.1. The first kappa shape index (κ1) is 38.8. The predicted molar refractivity (Wildman–Crippen MR) is 147 cm³/mol. The van der Waals surface area contributed by atoms with Crippen molar-refractivity contribution in [2.24, 2.45) is 11.7 Å². The minimum atomic E-state index is -1.04. The molecule has 2 atom stereocenters. The fourth-order valence-corrected chi connectivity index (χ4v) is 2.30. The van der Waals surface area contributed by atoms with E-state index in [4.69, 9.17) is 10.8 Å². The first-order valence-corrected chi connectivity index (χ1v) is 14.1. The van der Waals surface area contributed by atoms with E-state index in [1.54, 1.807) is 0 Å². The van der Waals surface area contributed by atoms with E-state index in [1.807, 2.05) is 30.9 Å². The van der Waals surface area contributed by atoms with E-state index in [0.29, 0.717) is 6.41 Å². The van der Waals surface area contributed by atoms with Gasteiger partial charge in [0.2, 0.25) is 6.41 Å². The SMILES string of the molecule is CC.CCCC.CCSC.CC[C@H]1CCN(CCNCC(N)CS)C1.O=CNCC(=O)O. The van der Waals surface area contributed by atoms with Crippen molar-refractivity contribution in [2.75, 3.05) is 57.0 Å². The Hall–Kier alpha value is -0.480. The third-order valence-corrected chi connectivity index (χ3v) is 5.36. The molecule has 1 saturated heterocycles. The number of unbranched alkanes of at least 4 members (excludes halogenated alkanes) is 1. The molecule has 5 N–H and O–H groups in total. The van der Waals surface area contributed by atoms with Crippen LogP contribution in [0, 0.1) is 5.92 Å². The number of nitrogens with two attached hydrogens (primary N) is 1. The van der Waals surface area contributed by atoms with Gasteiger partial charge in [0.15, 0.2) is 0 Å². The Morgan fingerprint density at radius 1 is 1.28 bits per heavy atom. The average molecular weight is 499 g/mol. The van der Waals surface area contributed by atoms with Gasteiger partial charge >= 0.3 is 5.97 Å². The van der Waals surface area contributed by atoms with Crippen LogP contribution in [-0.2, 0) is 9.59 Å². The van der Waals surface area contributed by atoms with E-state index < -0.39 is 5.97 Å². The average Bonchev–Trinajstić information content (AvgIpc) is 3.30. The Bertz CT molecular complexity index is 360. The van der Waals surface area contributed by atoms with Crippen molar-refractivity contribution in [3.05, 3.63) is 0 Å². The largest absolute Gasteiger partial charge is 0.480 e. The number of nitrogens with one attached hydrogen (secondary N) is 2.